The summed E-state index contributed by atoms with van der Waals surface area (Å²) in [6.45, 7) is 1.80. The fourth-order valence-corrected chi connectivity index (χ4v) is 3.03. The molecule has 25 heavy (non-hydrogen) atoms. The standard InChI is InChI=1S/C19H20FN3O2/c1-12-10-13(18(24)22-14-4-2-3-5-14)6-7-17(12)23-19(25)15-8-9-21-11-16(15)20/h6-11,14H,2-5H2,1H3,(H,22,24)(H,23,25). The lowest BCUT2D eigenvalue weighted by Gasteiger charge is -2.14. The lowest BCUT2D eigenvalue weighted by molar-refractivity contribution is 0.0937. The van der Waals surface area contributed by atoms with Gasteiger partial charge in [0.15, 0.2) is 5.82 Å². The molecule has 2 N–H and O–H groups in total. The van der Waals surface area contributed by atoms with Gasteiger partial charge in [-0.1, -0.05) is 12.8 Å². The van der Waals surface area contributed by atoms with E-state index in [0.29, 0.717) is 11.3 Å². The zero-order valence-corrected chi connectivity index (χ0v) is 14.0. The minimum atomic E-state index is -0.676. The molecule has 0 saturated heterocycles. The molecule has 0 atom stereocenters. The molecule has 0 radical (unpaired) electrons. The quantitative estimate of drug-likeness (QED) is 0.895. The molecule has 5 nitrogen and oxygen atoms in total. The minimum Gasteiger partial charge on any atom is -0.349 e. The Bertz CT molecular complexity index is 801. The van der Waals surface area contributed by atoms with Crippen LogP contribution >= 0.6 is 0 Å². The zero-order valence-electron chi connectivity index (χ0n) is 14.0. The third-order valence-corrected chi connectivity index (χ3v) is 4.44. The third-order valence-electron chi connectivity index (χ3n) is 4.44. The van der Waals surface area contributed by atoms with Crippen LogP contribution in [0, 0.1) is 12.7 Å². The Morgan fingerprint density at radius 3 is 2.60 bits per heavy atom. The van der Waals surface area contributed by atoms with Crippen LogP contribution in [0.5, 0.6) is 0 Å². The van der Waals surface area contributed by atoms with Gasteiger partial charge in [0.2, 0.25) is 0 Å². The fourth-order valence-electron chi connectivity index (χ4n) is 3.03. The smallest absolute Gasteiger partial charge is 0.258 e. The van der Waals surface area contributed by atoms with Crippen LogP contribution in [0.15, 0.2) is 36.7 Å². The molecule has 1 aliphatic carbocycles. The number of anilines is 1. The van der Waals surface area contributed by atoms with Crippen molar-refractivity contribution in [2.75, 3.05) is 5.32 Å². The first-order chi connectivity index (χ1) is 12.0. The van der Waals surface area contributed by atoms with Gasteiger partial charge in [-0.2, -0.15) is 0 Å². The number of nitrogens with zero attached hydrogens (tertiary/aromatic N) is 1. The molecule has 1 aliphatic rings. The molecule has 0 spiro atoms. The maximum Gasteiger partial charge on any atom is 0.258 e. The van der Waals surface area contributed by atoms with E-state index in [-0.39, 0.29) is 17.5 Å². The Hall–Kier alpha value is -2.76. The number of aromatic nitrogens is 1. The number of carbonyl (C=O) groups excluding carboxylic acids is 2. The van der Waals surface area contributed by atoms with Gasteiger partial charge in [-0.05, 0) is 49.6 Å². The van der Waals surface area contributed by atoms with Crippen LogP contribution in [0.3, 0.4) is 0 Å². The normalized spacial score (nSPS) is 14.3. The second-order valence-electron chi connectivity index (χ2n) is 6.29. The molecule has 1 saturated carbocycles. The summed E-state index contributed by atoms with van der Waals surface area (Å²) < 4.78 is 13.6. The van der Waals surface area contributed by atoms with E-state index in [1.54, 1.807) is 25.1 Å². The van der Waals surface area contributed by atoms with E-state index in [0.717, 1.165) is 37.4 Å². The second-order valence-corrected chi connectivity index (χ2v) is 6.29. The number of halogens is 1. The van der Waals surface area contributed by atoms with Crippen LogP contribution in [0.2, 0.25) is 0 Å². The number of carbonyl (C=O) groups is 2. The maximum atomic E-state index is 13.6. The first-order valence-electron chi connectivity index (χ1n) is 8.37. The van der Waals surface area contributed by atoms with E-state index < -0.39 is 11.7 Å². The van der Waals surface area contributed by atoms with Crippen molar-refractivity contribution in [3.8, 4) is 0 Å². The second kappa shape index (κ2) is 7.42. The van der Waals surface area contributed by atoms with E-state index >= 15 is 0 Å². The summed E-state index contributed by atoms with van der Waals surface area (Å²) in [6, 6.07) is 6.62. The minimum absolute atomic E-state index is 0.0718. The average molecular weight is 341 g/mol. The molecule has 0 unspecified atom stereocenters. The third kappa shape index (κ3) is 4.02. The fraction of sp³-hybridized carbons (Fsp3) is 0.316. The van der Waals surface area contributed by atoms with Gasteiger partial charge >= 0.3 is 0 Å². The van der Waals surface area contributed by atoms with Crippen LogP contribution < -0.4 is 10.6 Å². The molecule has 2 amide bonds. The summed E-state index contributed by atoms with van der Waals surface area (Å²) in [5.74, 6) is -1.33. The Balaban J connectivity index is 1.70. The van der Waals surface area contributed by atoms with Gasteiger partial charge in [0, 0.05) is 23.5 Å². The van der Waals surface area contributed by atoms with Crippen LogP contribution in [0.25, 0.3) is 0 Å². The summed E-state index contributed by atoms with van der Waals surface area (Å²) in [5.41, 5.74) is 1.76. The summed E-state index contributed by atoms with van der Waals surface area (Å²) in [4.78, 5) is 28.1. The van der Waals surface area contributed by atoms with Crippen molar-refractivity contribution >= 4 is 17.5 Å². The van der Waals surface area contributed by atoms with Gasteiger partial charge in [-0.25, -0.2) is 4.39 Å². The van der Waals surface area contributed by atoms with Crippen LogP contribution in [-0.2, 0) is 0 Å². The lowest BCUT2D eigenvalue weighted by atomic mass is 10.1. The van der Waals surface area contributed by atoms with Crippen LogP contribution in [0.4, 0.5) is 10.1 Å². The van der Waals surface area contributed by atoms with Crippen molar-refractivity contribution in [2.45, 2.75) is 38.6 Å². The summed E-state index contributed by atoms with van der Waals surface area (Å²) in [6.07, 6.45) is 6.72. The number of hydrogen-bond acceptors (Lipinski definition) is 3. The number of hydrogen-bond donors (Lipinski definition) is 2. The highest BCUT2D eigenvalue weighted by Gasteiger charge is 2.19. The molecular formula is C19H20FN3O2. The van der Waals surface area contributed by atoms with E-state index in [1.165, 1.54) is 12.3 Å². The van der Waals surface area contributed by atoms with Crippen molar-refractivity contribution in [1.82, 2.24) is 10.3 Å². The average Bonchev–Trinajstić information content (AvgIpc) is 3.10. The molecule has 3 rings (SSSR count). The summed E-state index contributed by atoms with van der Waals surface area (Å²) in [7, 11) is 0. The molecule has 0 bridgehead atoms. The number of aryl methyl sites for hydroxylation is 1. The first kappa shape index (κ1) is 17.1. The summed E-state index contributed by atoms with van der Waals surface area (Å²) in [5, 5.41) is 5.70. The Labute approximate surface area is 145 Å². The Morgan fingerprint density at radius 1 is 1.16 bits per heavy atom. The topological polar surface area (TPSA) is 71.1 Å². The van der Waals surface area contributed by atoms with Gasteiger partial charge in [-0.3, -0.25) is 14.6 Å². The van der Waals surface area contributed by atoms with Crippen molar-refractivity contribution in [3.63, 3.8) is 0 Å². The highest BCUT2D eigenvalue weighted by atomic mass is 19.1. The predicted molar refractivity (Wildman–Crippen MR) is 93.0 cm³/mol. The molecule has 1 aromatic carbocycles. The molecule has 6 heteroatoms. The zero-order chi connectivity index (χ0) is 17.8. The predicted octanol–water partition coefficient (Wildman–Crippen LogP) is 3.45. The van der Waals surface area contributed by atoms with Gasteiger partial charge in [0.1, 0.15) is 0 Å². The highest BCUT2D eigenvalue weighted by Crippen LogP contribution is 2.20. The molecule has 2 aromatic rings. The molecular weight excluding hydrogens is 321 g/mol. The number of benzene rings is 1. The molecule has 1 fully saturated rings. The Kier molecular flexibility index (Phi) is 5.07. The number of pyridine rings is 1. The van der Waals surface area contributed by atoms with E-state index in [9.17, 15) is 14.0 Å². The highest BCUT2D eigenvalue weighted by molar-refractivity contribution is 6.05. The largest absolute Gasteiger partial charge is 0.349 e. The first-order valence-corrected chi connectivity index (χ1v) is 8.37. The number of nitrogens with one attached hydrogen (secondary N) is 2. The summed E-state index contributed by atoms with van der Waals surface area (Å²) >= 11 is 0. The van der Waals surface area contributed by atoms with Crippen LogP contribution in [-0.4, -0.2) is 22.8 Å². The Morgan fingerprint density at radius 2 is 1.92 bits per heavy atom. The van der Waals surface area contributed by atoms with Gasteiger partial charge in [0.05, 0.1) is 11.8 Å². The van der Waals surface area contributed by atoms with E-state index in [1.807, 2.05) is 0 Å². The van der Waals surface area contributed by atoms with Gasteiger partial charge in [0.25, 0.3) is 11.8 Å². The molecule has 1 aromatic heterocycles. The molecule has 1 heterocycles. The van der Waals surface area contributed by atoms with Gasteiger partial charge < -0.3 is 10.6 Å². The van der Waals surface area contributed by atoms with E-state index in [4.69, 9.17) is 0 Å². The monoisotopic (exact) mass is 341 g/mol. The van der Waals surface area contributed by atoms with Crippen LogP contribution in [0.1, 0.15) is 52.0 Å². The van der Waals surface area contributed by atoms with Crippen molar-refractivity contribution in [2.24, 2.45) is 0 Å². The molecule has 0 aliphatic heterocycles. The van der Waals surface area contributed by atoms with Crippen molar-refractivity contribution in [1.29, 1.82) is 0 Å². The van der Waals surface area contributed by atoms with Crippen molar-refractivity contribution < 1.29 is 14.0 Å². The van der Waals surface area contributed by atoms with Crippen molar-refractivity contribution in [3.05, 3.63) is 59.2 Å². The lowest BCUT2D eigenvalue weighted by Crippen LogP contribution is -2.32. The maximum absolute atomic E-state index is 13.6. The SMILES string of the molecule is Cc1cc(C(=O)NC2CCCC2)ccc1NC(=O)c1ccncc1F. The van der Waals surface area contributed by atoms with E-state index in [2.05, 4.69) is 15.6 Å². The molecule has 130 valence electrons. The van der Waals surface area contributed by atoms with Gasteiger partial charge in [-0.15, -0.1) is 0 Å². The number of rotatable bonds is 4. The number of amides is 2.